The van der Waals surface area contributed by atoms with E-state index in [1.807, 2.05) is 12.1 Å². The van der Waals surface area contributed by atoms with Crippen LogP contribution in [0.2, 0.25) is 5.02 Å². The number of amides is 2. The van der Waals surface area contributed by atoms with Gasteiger partial charge in [-0.3, -0.25) is 14.5 Å². The van der Waals surface area contributed by atoms with E-state index in [1.165, 1.54) is 17.7 Å². The highest BCUT2D eigenvalue weighted by molar-refractivity contribution is 6.31. The highest BCUT2D eigenvalue weighted by Gasteiger charge is 2.28. The Morgan fingerprint density at radius 3 is 2.88 bits per heavy atom. The number of hydrogen-bond donors (Lipinski definition) is 1. The fraction of sp³-hybridized carbons (Fsp3) is 0.304. The summed E-state index contributed by atoms with van der Waals surface area (Å²) in [5, 5.41) is 7.40. The average Bonchev–Trinajstić information content (AvgIpc) is 3.48. The van der Waals surface area contributed by atoms with Crippen LogP contribution in [0.25, 0.3) is 11.4 Å². The van der Waals surface area contributed by atoms with E-state index >= 15 is 0 Å². The minimum Gasteiger partial charge on any atom is -0.482 e. The van der Waals surface area contributed by atoms with Gasteiger partial charge in [0.2, 0.25) is 17.6 Å². The number of carbonyl (C=O) groups excluding carboxylic acids is 2. The van der Waals surface area contributed by atoms with Crippen molar-refractivity contribution in [3.05, 3.63) is 53.4 Å². The van der Waals surface area contributed by atoms with E-state index in [1.54, 1.807) is 30.3 Å². The Kier molecular flexibility index (Phi) is 5.53. The highest BCUT2D eigenvalue weighted by atomic mass is 35.5. The second-order valence-corrected chi connectivity index (χ2v) is 8.38. The Balaban J connectivity index is 1.30. The van der Waals surface area contributed by atoms with Gasteiger partial charge in [0, 0.05) is 22.2 Å². The second kappa shape index (κ2) is 8.63. The van der Waals surface area contributed by atoms with Crippen LogP contribution in [-0.4, -0.2) is 35.1 Å². The minimum atomic E-state index is -0.344. The maximum atomic E-state index is 12.7. The van der Waals surface area contributed by atoms with Crippen molar-refractivity contribution in [2.75, 3.05) is 23.4 Å². The molecular formula is C23H21ClN4O4. The molecule has 32 heavy (non-hydrogen) atoms. The first-order valence-corrected chi connectivity index (χ1v) is 10.9. The number of fused-ring (bicyclic) bond motifs is 1. The van der Waals surface area contributed by atoms with E-state index in [4.69, 9.17) is 20.9 Å². The molecule has 0 spiro atoms. The van der Waals surface area contributed by atoms with Gasteiger partial charge in [-0.15, -0.1) is 0 Å². The zero-order valence-electron chi connectivity index (χ0n) is 17.2. The molecule has 1 aromatic heterocycles. The van der Waals surface area contributed by atoms with Crippen LogP contribution in [0.3, 0.4) is 0 Å². The van der Waals surface area contributed by atoms with Crippen molar-refractivity contribution in [1.82, 2.24) is 10.1 Å². The van der Waals surface area contributed by atoms with Gasteiger partial charge >= 0.3 is 0 Å². The van der Waals surface area contributed by atoms with E-state index in [0.717, 1.165) is 18.4 Å². The fourth-order valence-electron chi connectivity index (χ4n) is 4.12. The largest absolute Gasteiger partial charge is 0.482 e. The van der Waals surface area contributed by atoms with Gasteiger partial charge in [0.05, 0.1) is 5.69 Å². The van der Waals surface area contributed by atoms with Crippen molar-refractivity contribution in [2.45, 2.75) is 31.6 Å². The molecule has 1 aliphatic carbocycles. The lowest BCUT2D eigenvalue weighted by Crippen LogP contribution is -2.43. The van der Waals surface area contributed by atoms with Crippen LogP contribution in [0.1, 0.15) is 37.5 Å². The van der Waals surface area contributed by atoms with E-state index in [-0.39, 0.29) is 25.0 Å². The lowest BCUT2D eigenvalue weighted by atomic mass is 10.1. The number of hydrogen-bond acceptors (Lipinski definition) is 6. The molecule has 1 fully saturated rings. The van der Waals surface area contributed by atoms with E-state index in [0.29, 0.717) is 39.8 Å². The molecule has 1 aliphatic heterocycles. The second-order valence-electron chi connectivity index (χ2n) is 7.95. The topological polar surface area (TPSA) is 97.6 Å². The minimum absolute atomic E-state index is 0.126. The predicted octanol–water partition coefficient (Wildman–Crippen LogP) is 4.41. The maximum absolute atomic E-state index is 12.7. The monoisotopic (exact) mass is 452 g/mol. The van der Waals surface area contributed by atoms with E-state index in [9.17, 15) is 9.59 Å². The normalized spacial score (nSPS) is 16.0. The van der Waals surface area contributed by atoms with Crippen molar-refractivity contribution < 1.29 is 18.8 Å². The van der Waals surface area contributed by atoms with Gasteiger partial charge < -0.3 is 14.6 Å². The Morgan fingerprint density at radius 1 is 1.19 bits per heavy atom. The number of rotatable bonds is 5. The molecule has 5 rings (SSSR count). The predicted molar refractivity (Wildman–Crippen MR) is 119 cm³/mol. The number of halogens is 1. The number of nitrogens with zero attached hydrogens (tertiary/aromatic N) is 3. The molecule has 2 heterocycles. The molecule has 0 radical (unpaired) electrons. The van der Waals surface area contributed by atoms with Crippen LogP contribution < -0.4 is 15.0 Å². The number of benzene rings is 2. The molecule has 8 nitrogen and oxygen atoms in total. The Labute approximate surface area is 189 Å². The Morgan fingerprint density at radius 2 is 2.03 bits per heavy atom. The highest BCUT2D eigenvalue weighted by Crippen LogP contribution is 2.35. The summed E-state index contributed by atoms with van der Waals surface area (Å²) in [4.78, 5) is 31.0. The summed E-state index contributed by atoms with van der Waals surface area (Å²) < 4.78 is 10.9. The van der Waals surface area contributed by atoms with Crippen LogP contribution in [0, 0.1) is 0 Å². The molecule has 0 atom stereocenters. The fourth-order valence-corrected chi connectivity index (χ4v) is 4.29. The van der Waals surface area contributed by atoms with E-state index < -0.39 is 0 Å². The summed E-state index contributed by atoms with van der Waals surface area (Å²) in [6.45, 7) is -0.285. The van der Waals surface area contributed by atoms with Crippen molar-refractivity contribution >= 4 is 34.8 Å². The summed E-state index contributed by atoms with van der Waals surface area (Å²) in [6.07, 6.45) is 4.52. The van der Waals surface area contributed by atoms with Crippen LogP contribution in [-0.2, 0) is 9.59 Å². The third kappa shape index (κ3) is 4.18. The average molecular weight is 453 g/mol. The molecular weight excluding hydrogens is 432 g/mol. The van der Waals surface area contributed by atoms with Gasteiger partial charge in [0.15, 0.2) is 6.61 Å². The molecule has 1 N–H and O–H groups in total. The Bertz CT molecular complexity index is 1170. The first kappa shape index (κ1) is 20.5. The van der Waals surface area contributed by atoms with E-state index in [2.05, 4.69) is 15.5 Å². The molecule has 2 amide bonds. The Hall–Kier alpha value is -3.39. The SMILES string of the molecule is O=C(CN1C(=O)COc2ccc(Cl)cc21)Nc1cccc(-c2noc(C3CCCC3)n2)c1. The standard InChI is InChI=1S/C23H21ClN4O4/c24-16-8-9-19-18(11-16)28(21(30)13-31-19)12-20(29)25-17-7-3-6-15(10-17)22-26-23(32-27-22)14-4-1-2-5-14/h3,6-11,14H,1-2,4-5,12-13H2,(H,25,29). The summed E-state index contributed by atoms with van der Waals surface area (Å²) in [7, 11) is 0. The van der Waals surface area contributed by atoms with Gasteiger partial charge in [-0.1, -0.05) is 41.7 Å². The number of nitrogens with one attached hydrogen (secondary N) is 1. The first-order valence-electron chi connectivity index (χ1n) is 10.5. The smallest absolute Gasteiger partial charge is 0.265 e. The molecule has 0 unspecified atom stereocenters. The molecule has 9 heteroatoms. The summed E-state index contributed by atoms with van der Waals surface area (Å²) in [6, 6.07) is 12.2. The zero-order chi connectivity index (χ0) is 22.1. The molecule has 0 bridgehead atoms. The molecule has 2 aliphatic rings. The van der Waals surface area contributed by atoms with Crippen LogP contribution in [0.5, 0.6) is 5.75 Å². The quantitative estimate of drug-likeness (QED) is 0.615. The van der Waals surface area contributed by atoms with Crippen molar-refractivity contribution in [3.8, 4) is 17.1 Å². The molecule has 3 aromatic rings. The van der Waals surface area contributed by atoms with Crippen LogP contribution >= 0.6 is 11.6 Å². The lowest BCUT2D eigenvalue weighted by Gasteiger charge is -2.29. The summed E-state index contributed by atoms with van der Waals surface area (Å²) >= 11 is 6.06. The molecule has 164 valence electrons. The van der Waals surface area contributed by atoms with Gasteiger partial charge in [-0.25, -0.2) is 0 Å². The van der Waals surface area contributed by atoms with Crippen molar-refractivity contribution in [1.29, 1.82) is 0 Å². The van der Waals surface area contributed by atoms with Crippen molar-refractivity contribution in [2.24, 2.45) is 0 Å². The van der Waals surface area contributed by atoms with Crippen molar-refractivity contribution in [3.63, 3.8) is 0 Å². The zero-order valence-corrected chi connectivity index (χ0v) is 18.0. The van der Waals surface area contributed by atoms with Gasteiger partial charge in [0.25, 0.3) is 5.91 Å². The van der Waals surface area contributed by atoms with Crippen LogP contribution in [0.4, 0.5) is 11.4 Å². The maximum Gasteiger partial charge on any atom is 0.265 e. The number of carbonyl (C=O) groups is 2. The first-order chi connectivity index (χ1) is 15.6. The molecule has 0 saturated heterocycles. The lowest BCUT2D eigenvalue weighted by molar-refractivity contribution is -0.123. The number of ether oxygens (including phenoxy) is 1. The summed E-state index contributed by atoms with van der Waals surface area (Å²) in [5.41, 5.74) is 1.80. The third-order valence-electron chi connectivity index (χ3n) is 5.72. The molecule has 1 saturated carbocycles. The van der Waals surface area contributed by atoms with Gasteiger partial charge in [-0.05, 0) is 43.2 Å². The van der Waals surface area contributed by atoms with Gasteiger partial charge in [-0.2, -0.15) is 4.98 Å². The number of anilines is 2. The number of aromatic nitrogens is 2. The molecule has 2 aromatic carbocycles. The third-order valence-corrected chi connectivity index (χ3v) is 5.95. The summed E-state index contributed by atoms with van der Waals surface area (Å²) in [5.74, 6) is 1.36. The van der Waals surface area contributed by atoms with Crippen LogP contribution in [0.15, 0.2) is 47.0 Å². The van der Waals surface area contributed by atoms with Gasteiger partial charge in [0.1, 0.15) is 12.3 Å².